The molecular weight excluding hydrogens is 220 g/mol. The van der Waals surface area contributed by atoms with Crippen molar-refractivity contribution in [3.8, 4) is 0 Å². The molecule has 0 spiro atoms. The molecule has 17 heavy (non-hydrogen) atoms. The van der Waals surface area contributed by atoms with Gasteiger partial charge in [-0.2, -0.15) is 0 Å². The molecule has 0 aromatic carbocycles. The van der Waals surface area contributed by atoms with Crippen LogP contribution in [0.2, 0.25) is 0 Å². The Kier molecular flexibility index (Phi) is 2.73. The van der Waals surface area contributed by atoms with Crippen LogP contribution in [0.4, 0.5) is 0 Å². The van der Waals surface area contributed by atoms with E-state index in [1.165, 1.54) is 7.11 Å². The molecule has 0 aromatic rings. The highest BCUT2D eigenvalue weighted by Crippen LogP contribution is 2.61. The van der Waals surface area contributed by atoms with Crippen LogP contribution in [-0.2, 0) is 9.53 Å². The number of hydrogen-bond donors (Lipinski definition) is 2. The molecule has 1 fully saturated rings. The molecule has 0 heterocycles. The fraction of sp³-hybridized carbons (Fsp3) is 0.769. The van der Waals surface area contributed by atoms with Gasteiger partial charge in [-0.1, -0.05) is 6.92 Å². The molecule has 4 heteroatoms. The third kappa shape index (κ3) is 1.43. The summed E-state index contributed by atoms with van der Waals surface area (Å²) < 4.78 is 4.68. The van der Waals surface area contributed by atoms with Crippen LogP contribution in [0, 0.1) is 10.8 Å². The lowest BCUT2D eigenvalue weighted by atomic mass is 9.59. The van der Waals surface area contributed by atoms with Gasteiger partial charge in [0.15, 0.2) is 0 Å². The fourth-order valence-electron chi connectivity index (χ4n) is 3.39. The first-order valence-electron chi connectivity index (χ1n) is 6.06. The SMILES string of the molecule is COC(=O)C1=C(O)[C@@]2(C)[C@@H](O)CC[C@@]2(C)CC1. The second kappa shape index (κ2) is 3.73. The Morgan fingerprint density at radius 3 is 2.65 bits per heavy atom. The second-order valence-corrected chi connectivity index (χ2v) is 5.64. The van der Waals surface area contributed by atoms with Crippen LogP contribution in [0.25, 0.3) is 0 Å². The zero-order chi connectivity index (χ0) is 12.8. The average Bonchev–Trinajstić information content (AvgIpc) is 2.55. The van der Waals surface area contributed by atoms with E-state index in [4.69, 9.17) is 0 Å². The van der Waals surface area contributed by atoms with E-state index < -0.39 is 17.5 Å². The highest BCUT2D eigenvalue weighted by atomic mass is 16.5. The van der Waals surface area contributed by atoms with Gasteiger partial charge in [-0.3, -0.25) is 0 Å². The molecule has 0 saturated heterocycles. The molecule has 0 unspecified atom stereocenters. The lowest BCUT2D eigenvalue weighted by Crippen LogP contribution is -2.45. The van der Waals surface area contributed by atoms with Gasteiger partial charge < -0.3 is 14.9 Å². The van der Waals surface area contributed by atoms with E-state index in [2.05, 4.69) is 11.7 Å². The van der Waals surface area contributed by atoms with E-state index in [0.29, 0.717) is 18.4 Å². The molecule has 2 rings (SSSR count). The lowest BCUT2D eigenvalue weighted by Gasteiger charge is -2.46. The van der Waals surface area contributed by atoms with E-state index in [9.17, 15) is 15.0 Å². The Labute approximate surface area is 101 Å². The summed E-state index contributed by atoms with van der Waals surface area (Å²) >= 11 is 0. The van der Waals surface area contributed by atoms with Crippen LogP contribution in [0.3, 0.4) is 0 Å². The van der Waals surface area contributed by atoms with Crippen molar-refractivity contribution >= 4 is 5.97 Å². The number of rotatable bonds is 1. The maximum absolute atomic E-state index is 11.6. The minimum atomic E-state index is -0.714. The predicted octanol–water partition coefficient (Wildman–Crippen LogP) is 1.93. The highest BCUT2D eigenvalue weighted by Gasteiger charge is 2.59. The molecule has 0 aromatic heterocycles. The topological polar surface area (TPSA) is 66.8 Å². The van der Waals surface area contributed by atoms with E-state index in [1.54, 1.807) is 0 Å². The molecule has 2 aliphatic rings. The smallest absolute Gasteiger partial charge is 0.337 e. The quantitative estimate of drug-likeness (QED) is 0.687. The maximum Gasteiger partial charge on any atom is 0.337 e. The van der Waals surface area contributed by atoms with Crippen LogP contribution in [0.5, 0.6) is 0 Å². The first kappa shape index (κ1) is 12.4. The van der Waals surface area contributed by atoms with E-state index in [1.807, 2.05) is 6.92 Å². The van der Waals surface area contributed by atoms with Gasteiger partial charge in [0.05, 0.1) is 24.2 Å². The number of aliphatic hydroxyl groups is 2. The Bertz CT molecular complexity index is 387. The third-order valence-corrected chi connectivity index (χ3v) is 5.03. The molecule has 2 N–H and O–H groups in total. The van der Waals surface area contributed by atoms with Crippen molar-refractivity contribution < 1.29 is 19.7 Å². The Morgan fingerprint density at radius 2 is 2.06 bits per heavy atom. The van der Waals surface area contributed by atoms with Crippen LogP contribution >= 0.6 is 0 Å². The van der Waals surface area contributed by atoms with Crippen LogP contribution in [-0.4, -0.2) is 29.4 Å². The molecule has 0 aliphatic heterocycles. The Balaban J connectivity index is 2.51. The summed E-state index contributed by atoms with van der Waals surface area (Å²) in [6, 6.07) is 0. The number of aliphatic hydroxyl groups excluding tert-OH is 2. The zero-order valence-corrected chi connectivity index (χ0v) is 10.6. The van der Waals surface area contributed by atoms with Crippen molar-refractivity contribution in [2.75, 3.05) is 7.11 Å². The third-order valence-electron chi connectivity index (χ3n) is 5.03. The van der Waals surface area contributed by atoms with Crippen LogP contribution < -0.4 is 0 Å². The number of carbonyl (C=O) groups is 1. The largest absolute Gasteiger partial charge is 0.511 e. The van der Waals surface area contributed by atoms with Crippen LogP contribution in [0.15, 0.2) is 11.3 Å². The minimum absolute atomic E-state index is 0.0306. The molecule has 96 valence electrons. The minimum Gasteiger partial charge on any atom is -0.511 e. The van der Waals surface area contributed by atoms with Gasteiger partial charge in [-0.05, 0) is 38.0 Å². The van der Waals surface area contributed by atoms with Gasteiger partial charge in [0.2, 0.25) is 0 Å². The molecule has 0 bridgehead atoms. The highest BCUT2D eigenvalue weighted by molar-refractivity contribution is 5.89. The fourth-order valence-corrected chi connectivity index (χ4v) is 3.39. The first-order valence-corrected chi connectivity index (χ1v) is 6.06. The number of fused-ring (bicyclic) bond motifs is 1. The molecular formula is C13H20O4. The van der Waals surface area contributed by atoms with Crippen molar-refractivity contribution in [1.82, 2.24) is 0 Å². The number of ether oxygens (including phenoxy) is 1. The molecule has 0 radical (unpaired) electrons. The zero-order valence-electron chi connectivity index (χ0n) is 10.6. The van der Waals surface area contributed by atoms with E-state index in [0.717, 1.165) is 12.8 Å². The number of carbonyl (C=O) groups excluding carboxylic acids is 1. The van der Waals surface area contributed by atoms with Crippen LogP contribution in [0.1, 0.15) is 39.5 Å². The Morgan fingerprint density at radius 1 is 1.41 bits per heavy atom. The van der Waals surface area contributed by atoms with Gasteiger partial charge in [0.25, 0.3) is 0 Å². The van der Waals surface area contributed by atoms with Gasteiger partial charge in [0.1, 0.15) is 5.76 Å². The first-order chi connectivity index (χ1) is 7.87. The van der Waals surface area contributed by atoms with Gasteiger partial charge in [-0.15, -0.1) is 0 Å². The molecule has 0 amide bonds. The summed E-state index contributed by atoms with van der Waals surface area (Å²) in [6.07, 6.45) is 2.29. The standard InChI is InChI=1S/C13H20O4/c1-12-6-4-8(11(16)17-3)10(15)13(12,2)9(14)5-7-12/h9,14-15H,4-7H2,1-3H3/t9-,12+,13+/m0/s1. The van der Waals surface area contributed by atoms with E-state index in [-0.39, 0.29) is 11.2 Å². The number of methoxy groups -OCH3 is 1. The lowest BCUT2D eigenvalue weighted by molar-refractivity contribution is -0.137. The predicted molar refractivity (Wildman–Crippen MR) is 62.4 cm³/mol. The van der Waals surface area contributed by atoms with Crippen molar-refractivity contribution in [2.24, 2.45) is 10.8 Å². The van der Waals surface area contributed by atoms with E-state index >= 15 is 0 Å². The molecule has 3 atom stereocenters. The van der Waals surface area contributed by atoms with Gasteiger partial charge in [-0.25, -0.2) is 4.79 Å². The number of esters is 1. The summed E-state index contributed by atoms with van der Waals surface area (Å²) in [4.78, 5) is 11.6. The van der Waals surface area contributed by atoms with Crippen molar-refractivity contribution in [3.05, 3.63) is 11.3 Å². The normalized spacial score (nSPS) is 41.3. The second-order valence-electron chi connectivity index (χ2n) is 5.64. The van der Waals surface area contributed by atoms with Gasteiger partial charge in [0, 0.05) is 0 Å². The molecule has 4 nitrogen and oxygen atoms in total. The summed E-state index contributed by atoms with van der Waals surface area (Å²) in [7, 11) is 1.31. The van der Waals surface area contributed by atoms with Crippen molar-refractivity contribution in [3.63, 3.8) is 0 Å². The van der Waals surface area contributed by atoms with Crippen molar-refractivity contribution in [1.29, 1.82) is 0 Å². The Hall–Kier alpha value is -1.03. The number of hydrogen-bond acceptors (Lipinski definition) is 4. The summed E-state index contributed by atoms with van der Waals surface area (Å²) in [5.74, 6) is -0.451. The summed E-state index contributed by atoms with van der Waals surface area (Å²) in [5, 5.41) is 20.5. The summed E-state index contributed by atoms with van der Waals surface area (Å²) in [5.41, 5.74) is -0.517. The van der Waals surface area contributed by atoms with Gasteiger partial charge >= 0.3 is 5.97 Å². The monoisotopic (exact) mass is 240 g/mol. The maximum atomic E-state index is 11.6. The average molecular weight is 240 g/mol. The molecule has 1 saturated carbocycles. The van der Waals surface area contributed by atoms with Crippen molar-refractivity contribution in [2.45, 2.75) is 45.6 Å². The summed E-state index contributed by atoms with van der Waals surface area (Å²) in [6.45, 7) is 3.93. The molecule has 2 aliphatic carbocycles.